The predicted octanol–water partition coefficient (Wildman–Crippen LogP) is 3.43. The van der Waals surface area contributed by atoms with E-state index in [1.807, 2.05) is 0 Å². The van der Waals surface area contributed by atoms with E-state index in [-0.39, 0.29) is 6.54 Å². The third-order valence-corrected chi connectivity index (χ3v) is 4.03. The van der Waals surface area contributed by atoms with Gasteiger partial charge in [0.2, 0.25) is 0 Å². The highest BCUT2D eigenvalue weighted by atomic mass is 35.5. The van der Waals surface area contributed by atoms with Gasteiger partial charge in [-0.1, -0.05) is 17.7 Å². The van der Waals surface area contributed by atoms with E-state index in [1.54, 1.807) is 36.4 Å². The molecule has 3 rings (SSSR count). The summed E-state index contributed by atoms with van der Waals surface area (Å²) in [5.41, 5.74) is 1.68. The number of carbonyl (C=O) groups excluding carboxylic acids is 1. The summed E-state index contributed by atoms with van der Waals surface area (Å²) in [5, 5.41) is 14.9. The van der Waals surface area contributed by atoms with Crippen LogP contribution in [0.4, 0.5) is 21.0 Å². The lowest BCUT2D eigenvalue weighted by molar-refractivity contribution is -0.0252. The first-order chi connectivity index (χ1) is 12.5. The number of benzene rings is 1. The van der Waals surface area contributed by atoms with Gasteiger partial charge in [0.15, 0.2) is 0 Å². The van der Waals surface area contributed by atoms with E-state index in [9.17, 15) is 9.59 Å². The Morgan fingerprint density at radius 2 is 2.04 bits per heavy atom. The van der Waals surface area contributed by atoms with E-state index in [0.29, 0.717) is 35.2 Å². The van der Waals surface area contributed by atoms with E-state index in [1.165, 1.54) is 11.1 Å². The van der Waals surface area contributed by atoms with Crippen LogP contribution in [0, 0.1) is 0 Å². The fraction of sp³-hybridized carbons (Fsp3) is 0.235. The topological polar surface area (TPSA) is 104 Å². The fourth-order valence-corrected chi connectivity index (χ4v) is 2.72. The number of aromatic nitrogens is 1. The van der Waals surface area contributed by atoms with Crippen molar-refractivity contribution in [2.75, 3.05) is 30.3 Å². The summed E-state index contributed by atoms with van der Waals surface area (Å²) >= 11 is 5.88. The van der Waals surface area contributed by atoms with Crippen molar-refractivity contribution in [3.8, 4) is 0 Å². The number of hydrogen-bond donors (Lipinski definition) is 3. The maximum absolute atomic E-state index is 12.0. The molecule has 1 atom stereocenters. The molecule has 0 aliphatic carbocycles. The van der Waals surface area contributed by atoms with Crippen LogP contribution in [0.15, 0.2) is 42.6 Å². The lowest BCUT2D eigenvalue weighted by atomic mass is 10.2. The van der Waals surface area contributed by atoms with Crippen LogP contribution in [-0.4, -0.2) is 46.8 Å². The smallest absolute Gasteiger partial charge is 0.407 e. The number of hydrogen-bond acceptors (Lipinski definition) is 4. The second-order valence-corrected chi connectivity index (χ2v) is 6.09. The minimum atomic E-state index is -0.978. The molecule has 1 aliphatic heterocycles. The van der Waals surface area contributed by atoms with Gasteiger partial charge in [-0.2, -0.15) is 0 Å². The van der Waals surface area contributed by atoms with Crippen molar-refractivity contribution in [2.45, 2.75) is 6.10 Å². The van der Waals surface area contributed by atoms with Gasteiger partial charge in [0.05, 0.1) is 30.7 Å². The highest BCUT2D eigenvalue weighted by Gasteiger charge is 2.25. The van der Waals surface area contributed by atoms with Crippen molar-refractivity contribution >= 4 is 35.1 Å². The summed E-state index contributed by atoms with van der Waals surface area (Å²) in [6.07, 6.45) is 0.0964. The molecule has 1 fully saturated rings. The van der Waals surface area contributed by atoms with Crippen LogP contribution in [0.25, 0.3) is 0 Å². The van der Waals surface area contributed by atoms with Crippen LogP contribution in [0.5, 0.6) is 0 Å². The van der Waals surface area contributed by atoms with Gasteiger partial charge in [0, 0.05) is 17.3 Å². The van der Waals surface area contributed by atoms with Crippen LogP contribution in [0.1, 0.15) is 11.8 Å². The molecule has 2 aromatic rings. The molecule has 1 unspecified atom stereocenters. The average Bonchev–Trinajstić information content (AvgIpc) is 2.62. The number of ether oxygens (including phenoxy) is 1. The number of amides is 3. The van der Waals surface area contributed by atoms with Crippen LogP contribution >= 0.6 is 11.6 Å². The minimum absolute atomic E-state index is 0.227. The first kappa shape index (κ1) is 18.0. The number of rotatable bonds is 3. The molecule has 0 bridgehead atoms. The molecular weight excluding hydrogens is 360 g/mol. The largest absolute Gasteiger partial charge is 0.465 e. The molecule has 136 valence electrons. The van der Waals surface area contributed by atoms with Crippen molar-refractivity contribution in [3.05, 3.63) is 53.3 Å². The lowest BCUT2D eigenvalue weighted by Gasteiger charge is -2.30. The highest BCUT2D eigenvalue weighted by molar-refractivity contribution is 6.30. The molecule has 1 aliphatic rings. The van der Waals surface area contributed by atoms with Gasteiger partial charge in [0.25, 0.3) is 0 Å². The summed E-state index contributed by atoms with van der Waals surface area (Å²) < 4.78 is 5.58. The molecule has 1 saturated heterocycles. The number of urea groups is 1. The van der Waals surface area contributed by atoms with Crippen LogP contribution in [-0.2, 0) is 4.74 Å². The molecule has 3 N–H and O–H groups in total. The normalized spacial score (nSPS) is 16.8. The Balaban J connectivity index is 1.59. The molecule has 3 amide bonds. The van der Waals surface area contributed by atoms with Gasteiger partial charge in [-0.3, -0.25) is 4.98 Å². The lowest BCUT2D eigenvalue weighted by Crippen LogP contribution is -2.41. The third kappa shape index (κ3) is 4.62. The van der Waals surface area contributed by atoms with Crippen molar-refractivity contribution in [1.29, 1.82) is 0 Å². The highest BCUT2D eigenvalue weighted by Crippen LogP contribution is 2.22. The SMILES string of the molecule is O=C(Nc1ccc(C2CN(C(=O)O)CCO2)nc1)Nc1cccc(Cl)c1. The quantitative estimate of drug-likeness (QED) is 0.761. The van der Waals surface area contributed by atoms with Gasteiger partial charge in [0.1, 0.15) is 6.10 Å². The van der Waals surface area contributed by atoms with Crippen LogP contribution in [0.3, 0.4) is 0 Å². The molecule has 9 heteroatoms. The zero-order valence-corrected chi connectivity index (χ0v) is 14.4. The molecule has 1 aromatic heterocycles. The number of pyridine rings is 1. The minimum Gasteiger partial charge on any atom is -0.465 e. The Bertz CT molecular complexity index is 800. The van der Waals surface area contributed by atoms with Crippen molar-refractivity contribution in [3.63, 3.8) is 0 Å². The summed E-state index contributed by atoms with van der Waals surface area (Å²) in [6.45, 7) is 0.889. The Hall–Kier alpha value is -2.84. The summed E-state index contributed by atoms with van der Waals surface area (Å²) in [4.78, 5) is 28.6. The number of halogens is 1. The van der Waals surface area contributed by atoms with Crippen LogP contribution in [0.2, 0.25) is 5.02 Å². The molecular formula is C17H17ClN4O4. The van der Waals surface area contributed by atoms with Gasteiger partial charge in [-0.25, -0.2) is 9.59 Å². The zero-order valence-electron chi connectivity index (χ0n) is 13.7. The van der Waals surface area contributed by atoms with Gasteiger partial charge < -0.3 is 25.4 Å². The first-order valence-electron chi connectivity index (χ1n) is 7.90. The Labute approximate surface area is 154 Å². The third-order valence-electron chi connectivity index (χ3n) is 3.79. The Morgan fingerprint density at radius 1 is 1.23 bits per heavy atom. The monoisotopic (exact) mass is 376 g/mol. The molecule has 0 spiro atoms. The van der Waals surface area contributed by atoms with Gasteiger partial charge in [-0.15, -0.1) is 0 Å². The van der Waals surface area contributed by atoms with Crippen LogP contribution < -0.4 is 10.6 Å². The average molecular weight is 377 g/mol. The van der Waals surface area contributed by atoms with Gasteiger partial charge >= 0.3 is 12.1 Å². The van der Waals surface area contributed by atoms with Crippen molar-refractivity contribution in [1.82, 2.24) is 9.88 Å². The van der Waals surface area contributed by atoms with E-state index < -0.39 is 18.2 Å². The van der Waals surface area contributed by atoms with Gasteiger partial charge in [-0.05, 0) is 30.3 Å². The summed E-state index contributed by atoms with van der Waals surface area (Å²) in [6, 6.07) is 9.77. The van der Waals surface area contributed by atoms with E-state index in [0.717, 1.165) is 0 Å². The molecule has 2 heterocycles. The number of anilines is 2. The van der Waals surface area contributed by atoms with Crippen molar-refractivity contribution < 1.29 is 19.4 Å². The second-order valence-electron chi connectivity index (χ2n) is 5.65. The number of carbonyl (C=O) groups is 2. The fourth-order valence-electron chi connectivity index (χ4n) is 2.53. The Morgan fingerprint density at radius 3 is 2.73 bits per heavy atom. The molecule has 26 heavy (non-hydrogen) atoms. The molecule has 0 saturated carbocycles. The molecule has 8 nitrogen and oxygen atoms in total. The summed E-state index contributed by atoms with van der Waals surface area (Å²) in [7, 11) is 0. The second kappa shape index (κ2) is 8.03. The number of nitrogens with zero attached hydrogens (tertiary/aromatic N) is 2. The van der Waals surface area contributed by atoms with Crippen molar-refractivity contribution in [2.24, 2.45) is 0 Å². The van der Waals surface area contributed by atoms with E-state index >= 15 is 0 Å². The number of morpholine rings is 1. The predicted molar refractivity (Wildman–Crippen MR) is 96.6 cm³/mol. The maximum Gasteiger partial charge on any atom is 0.407 e. The summed E-state index contributed by atoms with van der Waals surface area (Å²) in [5.74, 6) is 0. The zero-order chi connectivity index (χ0) is 18.5. The molecule has 1 aromatic carbocycles. The first-order valence-corrected chi connectivity index (χ1v) is 8.28. The van der Waals surface area contributed by atoms with E-state index in [4.69, 9.17) is 21.4 Å². The number of carboxylic acid groups (broad SMARTS) is 1. The number of nitrogens with one attached hydrogen (secondary N) is 2. The Kier molecular flexibility index (Phi) is 5.55. The standard InChI is InChI=1S/C17H17ClN4O4/c18-11-2-1-3-12(8-11)20-16(23)21-13-4-5-14(19-9-13)15-10-22(17(24)25)6-7-26-15/h1-5,8-9,15H,6-7,10H2,(H,24,25)(H2,20,21,23). The van der Waals surface area contributed by atoms with E-state index in [2.05, 4.69) is 15.6 Å². The molecule has 0 radical (unpaired) electrons. The maximum atomic E-state index is 12.0.